The maximum Gasteiger partial charge on any atom is 0.416 e. The number of nitrogens with two attached hydrogens (primary N) is 1. The quantitative estimate of drug-likeness (QED) is 0.841. The zero-order chi connectivity index (χ0) is 16.7. The largest absolute Gasteiger partial charge is 0.416 e. The summed E-state index contributed by atoms with van der Waals surface area (Å²) in [7, 11) is -3.95. The zero-order valence-electron chi connectivity index (χ0n) is 11.1. The van der Waals surface area contributed by atoms with Gasteiger partial charge >= 0.3 is 6.18 Å². The van der Waals surface area contributed by atoms with E-state index in [1.54, 1.807) is 0 Å². The molecule has 0 aromatic heterocycles. The van der Waals surface area contributed by atoms with Gasteiger partial charge in [-0.1, -0.05) is 6.07 Å². The maximum atomic E-state index is 13.0. The number of primary sulfonamides is 1. The molecule has 122 valence electrons. The van der Waals surface area contributed by atoms with Crippen molar-refractivity contribution in [2.75, 3.05) is 6.54 Å². The van der Waals surface area contributed by atoms with E-state index >= 15 is 0 Å². The van der Waals surface area contributed by atoms with Gasteiger partial charge in [0.1, 0.15) is 11.1 Å². The monoisotopic (exact) mass is 340 g/mol. The Labute approximate surface area is 123 Å². The second kappa shape index (κ2) is 5.51. The van der Waals surface area contributed by atoms with Crippen molar-refractivity contribution >= 4 is 15.9 Å². The predicted octanol–water partition coefficient (Wildman–Crippen LogP) is 1.23. The highest BCUT2D eigenvalue weighted by atomic mass is 32.2. The van der Waals surface area contributed by atoms with E-state index in [2.05, 4.69) is 0 Å². The van der Waals surface area contributed by atoms with Crippen molar-refractivity contribution in [3.05, 3.63) is 35.1 Å². The average Bonchev–Trinajstić information content (AvgIpc) is 2.72. The SMILES string of the molecule is NS(=O)(=O)C1CC(=O)N(Cc2ccc(F)cc2C(F)(F)F)C1. The topological polar surface area (TPSA) is 80.5 Å². The number of hydrogen-bond donors (Lipinski definition) is 1. The lowest BCUT2D eigenvalue weighted by atomic mass is 10.1. The average molecular weight is 340 g/mol. The lowest BCUT2D eigenvalue weighted by Crippen LogP contribution is -2.32. The van der Waals surface area contributed by atoms with E-state index in [9.17, 15) is 30.8 Å². The summed E-state index contributed by atoms with van der Waals surface area (Å²) in [5, 5.41) is 3.80. The number of hydrogen-bond acceptors (Lipinski definition) is 3. The number of benzene rings is 1. The van der Waals surface area contributed by atoms with Crippen LogP contribution < -0.4 is 5.14 Å². The Morgan fingerprint density at radius 3 is 2.45 bits per heavy atom. The number of nitrogens with zero attached hydrogens (tertiary/aromatic N) is 1. The van der Waals surface area contributed by atoms with Gasteiger partial charge in [0.15, 0.2) is 0 Å². The summed E-state index contributed by atoms with van der Waals surface area (Å²) in [6.45, 7) is -0.744. The first-order valence-corrected chi connectivity index (χ1v) is 7.74. The summed E-state index contributed by atoms with van der Waals surface area (Å²) in [6, 6.07) is 2.12. The van der Waals surface area contributed by atoms with Gasteiger partial charge in [0, 0.05) is 19.5 Å². The Morgan fingerprint density at radius 1 is 1.32 bits per heavy atom. The molecule has 22 heavy (non-hydrogen) atoms. The highest BCUT2D eigenvalue weighted by Gasteiger charge is 2.39. The minimum Gasteiger partial charge on any atom is -0.337 e. The number of alkyl halides is 3. The maximum absolute atomic E-state index is 13.0. The van der Waals surface area contributed by atoms with Crippen molar-refractivity contribution in [3.63, 3.8) is 0 Å². The van der Waals surface area contributed by atoms with Crippen molar-refractivity contribution < 1.29 is 30.8 Å². The van der Waals surface area contributed by atoms with Crippen molar-refractivity contribution in [1.29, 1.82) is 0 Å². The molecule has 1 amide bonds. The third-order valence-corrected chi connectivity index (χ3v) is 4.63. The van der Waals surface area contributed by atoms with Crippen molar-refractivity contribution in [2.45, 2.75) is 24.4 Å². The van der Waals surface area contributed by atoms with E-state index in [1.807, 2.05) is 0 Å². The van der Waals surface area contributed by atoms with Crippen LogP contribution in [0.1, 0.15) is 17.5 Å². The van der Waals surface area contributed by atoms with Crippen LogP contribution in [0.15, 0.2) is 18.2 Å². The summed E-state index contributed by atoms with van der Waals surface area (Å²) in [6.07, 6.45) is -5.15. The Bertz CT molecular complexity index is 703. The fourth-order valence-corrected chi connectivity index (χ4v) is 3.03. The van der Waals surface area contributed by atoms with Crippen molar-refractivity contribution in [3.8, 4) is 0 Å². The number of likely N-dealkylation sites (tertiary alicyclic amines) is 1. The van der Waals surface area contributed by atoms with Crippen LogP contribution in [-0.2, 0) is 27.5 Å². The van der Waals surface area contributed by atoms with Crippen LogP contribution in [0.25, 0.3) is 0 Å². The van der Waals surface area contributed by atoms with Gasteiger partial charge in [0.05, 0.1) is 5.56 Å². The molecule has 1 aromatic carbocycles. The molecule has 0 radical (unpaired) electrons. The molecule has 2 rings (SSSR count). The van der Waals surface area contributed by atoms with Gasteiger partial charge in [-0.15, -0.1) is 0 Å². The van der Waals surface area contributed by atoms with E-state index in [-0.39, 0.29) is 18.5 Å². The normalized spacial score (nSPS) is 19.8. The lowest BCUT2D eigenvalue weighted by Gasteiger charge is -2.19. The molecule has 0 spiro atoms. The van der Waals surface area contributed by atoms with E-state index in [4.69, 9.17) is 5.14 Å². The summed E-state index contributed by atoms with van der Waals surface area (Å²) in [4.78, 5) is 12.7. The molecule has 10 heteroatoms. The first kappa shape index (κ1) is 16.7. The summed E-state index contributed by atoms with van der Waals surface area (Å²) in [5.74, 6) is -1.66. The van der Waals surface area contributed by atoms with E-state index in [0.29, 0.717) is 6.07 Å². The molecule has 1 aliphatic heterocycles. The summed E-state index contributed by atoms with van der Waals surface area (Å²) in [5.41, 5.74) is -1.50. The van der Waals surface area contributed by atoms with E-state index in [0.717, 1.165) is 17.0 Å². The number of carbonyl (C=O) groups excluding carboxylic acids is 1. The van der Waals surface area contributed by atoms with Crippen LogP contribution in [0.2, 0.25) is 0 Å². The molecule has 1 aliphatic rings. The second-order valence-corrected chi connectivity index (χ2v) is 6.83. The molecule has 0 aliphatic carbocycles. The standard InChI is InChI=1S/C12H12F4N2O3S/c13-8-2-1-7(10(3-8)12(14,15)16)5-18-6-9(4-11(18)19)22(17,20)21/h1-3,9H,4-6H2,(H2,17,20,21). The van der Waals surface area contributed by atoms with Crippen molar-refractivity contribution in [1.82, 2.24) is 4.90 Å². The first-order chi connectivity index (χ1) is 9.98. The Balaban J connectivity index is 2.27. The van der Waals surface area contributed by atoms with Crippen molar-refractivity contribution in [2.24, 2.45) is 5.14 Å². The second-order valence-electron chi connectivity index (χ2n) is 4.99. The number of amides is 1. The van der Waals surface area contributed by atoms with Gasteiger partial charge in [0.25, 0.3) is 0 Å². The third kappa shape index (κ3) is 3.55. The van der Waals surface area contributed by atoms with Crippen LogP contribution in [0, 0.1) is 5.82 Å². The molecule has 0 bridgehead atoms. The van der Waals surface area contributed by atoms with E-state index in [1.165, 1.54) is 0 Å². The zero-order valence-corrected chi connectivity index (χ0v) is 11.9. The number of carbonyl (C=O) groups is 1. The van der Waals surface area contributed by atoms with Gasteiger partial charge in [-0.3, -0.25) is 4.79 Å². The van der Waals surface area contributed by atoms with Crippen LogP contribution >= 0.6 is 0 Å². The molecule has 1 unspecified atom stereocenters. The smallest absolute Gasteiger partial charge is 0.337 e. The highest BCUT2D eigenvalue weighted by Crippen LogP contribution is 2.33. The minimum atomic E-state index is -4.78. The van der Waals surface area contributed by atoms with Crippen LogP contribution in [0.5, 0.6) is 0 Å². The lowest BCUT2D eigenvalue weighted by molar-refractivity contribution is -0.139. The molecule has 1 saturated heterocycles. The number of halogens is 4. The van der Waals surface area contributed by atoms with Gasteiger partial charge in [-0.25, -0.2) is 17.9 Å². The van der Waals surface area contributed by atoms with Gasteiger partial charge in [-0.2, -0.15) is 13.2 Å². The molecule has 0 saturated carbocycles. The van der Waals surface area contributed by atoms with Gasteiger partial charge in [-0.05, 0) is 17.7 Å². The fourth-order valence-electron chi connectivity index (χ4n) is 2.26. The fraction of sp³-hybridized carbons (Fsp3) is 0.417. The Morgan fingerprint density at radius 2 is 1.95 bits per heavy atom. The molecule has 1 heterocycles. The van der Waals surface area contributed by atoms with Crippen LogP contribution in [0.4, 0.5) is 17.6 Å². The number of rotatable bonds is 3. The summed E-state index contributed by atoms with van der Waals surface area (Å²) >= 11 is 0. The number of sulfonamides is 1. The molecule has 1 atom stereocenters. The van der Waals surface area contributed by atoms with Crippen LogP contribution in [0.3, 0.4) is 0 Å². The van der Waals surface area contributed by atoms with Crippen LogP contribution in [-0.4, -0.2) is 31.0 Å². The van der Waals surface area contributed by atoms with E-state index < -0.39 is 45.3 Å². The van der Waals surface area contributed by atoms with Gasteiger partial charge in [0.2, 0.25) is 15.9 Å². The minimum absolute atomic E-state index is 0.285. The molecular weight excluding hydrogens is 328 g/mol. The van der Waals surface area contributed by atoms with Gasteiger partial charge < -0.3 is 4.90 Å². The summed E-state index contributed by atoms with van der Waals surface area (Å²) < 4.78 is 74.1. The molecule has 1 fully saturated rings. The Kier molecular flexibility index (Phi) is 4.18. The molecule has 2 N–H and O–H groups in total. The molecule has 5 nitrogen and oxygen atoms in total. The third-order valence-electron chi connectivity index (χ3n) is 3.38. The molecular formula is C12H12F4N2O3S. The predicted molar refractivity (Wildman–Crippen MR) is 68.3 cm³/mol. The molecule has 1 aromatic rings. The first-order valence-electron chi connectivity index (χ1n) is 6.13. The highest BCUT2D eigenvalue weighted by molar-refractivity contribution is 7.89. The Hall–Kier alpha value is -1.68.